The summed E-state index contributed by atoms with van der Waals surface area (Å²) in [5.41, 5.74) is 0.138. The lowest BCUT2D eigenvalue weighted by molar-refractivity contribution is 0.0966. The van der Waals surface area contributed by atoms with Crippen molar-refractivity contribution in [1.29, 1.82) is 0 Å². The minimum Gasteiger partial charge on any atom is -0.508 e. The van der Waals surface area contributed by atoms with Crippen LogP contribution in [0.25, 0.3) is 0 Å². The van der Waals surface area contributed by atoms with E-state index in [1.54, 1.807) is 55.2 Å². The Kier molecular flexibility index (Phi) is 2.44. The second-order valence-corrected chi connectivity index (χ2v) is 3.99. The predicted molar refractivity (Wildman–Crippen MR) is 60.0 cm³/mol. The third-order valence-corrected chi connectivity index (χ3v) is 2.64. The molecule has 16 heavy (non-hydrogen) atoms. The van der Waals surface area contributed by atoms with Gasteiger partial charge in [-0.05, 0) is 30.7 Å². The Labute approximate surface area is 93.8 Å². The number of phenolic OH excluding ortho intramolecular Hbond substituents is 1. The molecule has 0 aliphatic heterocycles. The standard InChI is InChI=1S/C12H14N2O2/c1-12(16,11-7-8-14(2)13-11)9-3-5-10(15)6-4-9/h3-8,15-16H,1-2H3. The maximum Gasteiger partial charge on any atom is 0.130 e. The molecule has 0 spiro atoms. The van der Waals surface area contributed by atoms with E-state index in [9.17, 15) is 10.2 Å². The summed E-state index contributed by atoms with van der Waals surface area (Å²) in [5.74, 6) is 0.181. The molecule has 1 aromatic heterocycles. The molecule has 2 rings (SSSR count). The molecule has 2 aromatic rings. The molecule has 0 fully saturated rings. The van der Waals surface area contributed by atoms with Crippen LogP contribution in [0.1, 0.15) is 18.2 Å². The highest BCUT2D eigenvalue weighted by Crippen LogP contribution is 2.28. The van der Waals surface area contributed by atoms with E-state index in [2.05, 4.69) is 5.10 Å². The van der Waals surface area contributed by atoms with Gasteiger partial charge in [-0.25, -0.2) is 0 Å². The smallest absolute Gasteiger partial charge is 0.130 e. The Bertz CT molecular complexity index is 486. The highest BCUT2D eigenvalue weighted by molar-refractivity contribution is 5.34. The number of aromatic hydroxyl groups is 1. The minimum atomic E-state index is -1.14. The lowest BCUT2D eigenvalue weighted by Gasteiger charge is -2.21. The van der Waals surface area contributed by atoms with Crippen LogP contribution in [-0.4, -0.2) is 20.0 Å². The van der Waals surface area contributed by atoms with Gasteiger partial charge in [-0.2, -0.15) is 5.10 Å². The molecule has 4 heteroatoms. The van der Waals surface area contributed by atoms with Gasteiger partial charge in [0.25, 0.3) is 0 Å². The van der Waals surface area contributed by atoms with E-state index in [0.717, 1.165) is 0 Å². The molecule has 0 bridgehead atoms. The van der Waals surface area contributed by atoms with Crippen LogP contribution in [-0.2, 0) is 12.6 Å². The Balaban J connectivity index is 2.42. The fraction of sp³-hybridized carbons (Fsp3) is 0.250. The van der Waals surface area contributed by atoms with E-state index in [-0.39, 0.29) is 5.75 Å². The van der Waals surface area contributed by atoms with Crippen LogP contribution in [0.5, 0.6) is 5.75 Å². The van der Waals surface area contributed by atoms with Crippen molar-refractivity contribution < 1.29 is 10.2 Å². The number of aromatic nitrogens is 2. The number of hydrogen-bond donors (Lipinski definition) is 2. The molecule has 0 saturated carbocycles. The van der Waals surface area contributed by atoms with Crippen molar-refractivity contribution in [2.45, 2.75) is 12.5 Å². The second-order valence-electron chi connectivity index (χ2n) is 3.99. The fourth-order valence-corrected chi connectivity index (χ4v) is 1.61. The normalized spacial score (nSPS) is 14.7. The van der Waals surface area contributed by atoms with Crippen LogP contribution in [0.4, 0.5) is 0 Å². The molecule has 1 atom stereocenters. The summed E-state index contributed by atoms with van der Waals surface area (Å²) in [5, 5.41) is 23.8. The monoisotopic (exact) mass is 218 g/mol. The molecule has 0 amide bonds. The van der Waals surface area contributed by atoms with Gasteiger partial charge >= 0.3 is 0 Å². The molecule has 1 heterocycles. The number of nitrogens with zero attached hydrogens (tertiary/aromatic N) is 2. The summed E-state index contributed by atoms with van der Waals surface area (Å²) < 4.78 is 1.64. The minimum absolute atomic E-state index is 0.181. The van der Waals surface area contributed by atoms with Crippen molar-refractivity contribution in [3.05, 3.63) is 47.8 Å². The number of phenols is 1. The first kappa shape index (κ1) is 10.7. The van der Waals surface area contributed by atoms with Gasteiger partial charge in [-0.1, -0.05) is 12.1 Å². The number of aryl methyl sites for hydroxylation is 1. The zero-order chi connectivity index (χ0) is 11.8. The lowest BCUT2D eigenvalue weighted by Crippen LogP contribution is -2.23. The molecular weight excluding hydrogens is 204 g/mol. The topological polar surface area (TPSA) is 58.3 Å². The molecule has 1 aromatic carbocycles. The molecule has 0 saturated heterocycles. The van der Waals surface area contributed by atoms with E-state index in [0.29, 0.717) is 11.3 Å². The van der Waals surface area contributed by atoms with Crippen LogP contribution >= 0.6 is 0 Å². The molecule has 0 radical (unpaired) electrons. The van der Waals surface area contributed by atoms with Crippen molar-refractivity contribution in [2.24, 2.45) is 7.05 Å². The van der Waals surface area contributed by atoms with Crippen molar-refractivity contribution >= 4 is 0 Å². The fourth-order valence-electron chi connectivity index (χ4n) is 1.61. The Hall–Kier alpha value is -1.81. The summed E-state index contributed by atoms with van der Waals surface area (Å²) in [6.45, 7) is 1.68. The molecule has 2 N–H and O–H groups in total. The van der Waals surface area contributed by atoms with E-state index in [1.807, 2.05) is 0 Å². The molecule has 1 unspecified atom stereocenters. The third-order valence-electron chi connectivity index (χ3n) is 2.64. The van der Waals surface area contributed by atoms with Gasteiger partial charge in [-0.15, -0.1) is 0 Å². The zero-order valence-corrected chi connectivity index (χ0v) is 9.25. The Morgan fingerprint density at radius 1 is 1.19 bits per heavy atom. The molecule has 0 aliphatic carbocycles. The highest BCUT2D eigenvalue weighted by atomic mass is 16.3. The summed E-state index contributed by atoms with van der Waals surface area (Å²) >= 11 is 0. The number of benzene rings is 1. The quantitative estimate of drug-likeness (QED) is 0.800. The lowest BCUT2D eigenvalue weighted by atomic mass is 9.93. The van der Waals surface area contributed by atoms with Crippen LogP contribution in [0.15, 0.2) is 36.5 Å². The van der Waals surface area contributed by atoms with Gasteiger partial charge in [0.1, 0.15) is 11.4 Å². The van der Waals surface area contributed by atoms with Gasteiger partial charge in [0.2, 0.25) is 0 Å². The van der Waals surface area contributed by atoms with Crippen LogP contribution < -0.4 is 0 Å². The average molecular weight is 218 g/mol. The van der Waals surface area contributed by atoms with Crippen LogP contribution in [0.3, 0.4) is 0 Å². The highest BCUT2D eigenvalue weighted by Gasteiger charge is 2.27. The summed E-state index contributed by atoms with van der Waals surface area (Å²) in [7, 11) is 1.80. The van der Waals surface area contributed by atoms with E-state index >= 15 is 0 Å². The molecule has 0 aliphatic rings. The summed E-state index contributed by atoms with van der Waals surface area (Å²) in [6, 6.07) is 8.24. The van der Waals surface area contributed by atoms with E-state index in [4.69, 9.17) is 0 Å². The Morgan fingerprint density at radius 3 is 2.31 bits per heavy atom. The van der Waals surface area contributed by atoms with Crippen LogP contribution in [0, 0.1) is 0 Å². The van der Waals surface area contributed by atoms with Crippen molar-refractivity contribution in [1.82, 2.24) is 9.78 Å². The number of aliphatic hydroxyl groups is 1. The first-order valence-corrected chi connectivity index (χ1v) is 5.02. The third kappa shape index (κ3) is 1.79. The molecule has 4 nitrogen and oxygen atoms in total. The van der Waals surface area contributed by atoms with Crippen LogP contribution in [0.2, 0.25) is 0 Å². The van der Waals surface area contributed by atoms with Crippen molar-refractivity contribution in [3.63, 3.8) is 0 Å². The predicted octanol–water partition coefficient (Wildman–Crippen LogP) is 1.38. The van der Waals surface area contributed by atoms with Crippen molar-refractivity contribution in [3.8, 4) is 5.75 Å². The zero-order valence-electron chi connectivity index (χ0n) is 9.25. The van der Waals surface area contributed by atoms with Gasteiger partial charge in [0.05, 0.1) is 5.69 Å². The second kappa shape index (κ2) is 3.64. The number of rotatable bonds is 2. The largest absolute Gasteiger partial charge is 0.508 e. The average Bonchev–Trinajstić information content (AvgIpc) is 2.66. The first-order valence-electron chi connectivity index (χ1n) is 5.02. The maximum atomic E-state index is 10.4. The molecular formula is C12H14N2O2. The Morgan fingerprint density at radius 2 is 1.81 bits per heavy atom. The summed E-state index contributed by atoms with van der Waals surface area (Å²) in [4.78, 5) is 0. The van der Waals surface area contributed by atoms with Gasteiger partial charge < -0.3 is 10.2 Å². The van der Waals surface area contributed by atoms with Crippen molar-refractivity contribution in [2.75, 3.05) is 0 Å². The molecule has 84 valence electrons. The van der Waals surface area contributed by atoms with Gasteiger partial charge in [0.15, 0.2) is 0 Å². The maximum absolute atomic E-state index is 10.4. The van der Waals surface area contributed by atoms with Gasteiger partial charge in [-0.3, -0.25) is 4.68 Å². The van der Waals surface area contributed by atoms with Gasteiger partial charge in [0, 0.05) is 13.2 Å². The van der Waals surface area contributed by atoms with E-state index < -0.39 is 5.60 Å². The van der Waals surface area contributed by atoms with E-state index in [1.165, 1.54) is 0 Å². The summed E-state index contributed by atoms with van der Waals surface area (Å²) in [6.07, 6.45) is 1.78. The SMILES string of the molecule is Cn1ccc(C(C)(O)c2ccc(O)cc2)n1. The first-order chi connectivity index (χ1) is 7.50. The number of hydrogen-bond acceptors (Lipinski definition) is 3.